The molecule has 0 aliphatic carbocycles. The summed E-state index contributed by atoms with van der Waals surface area (Å²) in [6, 6.07) is -0.0497. The first-order valence-electron chi connectivity index (χ1n) is 7.95. The van der Waals surface area contributed by atoms with Crippen LogP contribution in [0.2, 0.25) is 0 Å². The van der Waals surface area contributed by atoms with Crippen molar-refractivity contribution in [3.8, 4) is 0 Å². The minimum atomic E-state index is -0.0707. The first-order valence-corrected chi connectivity index (χ1v) is 7.95. The lowest BCUT2D eigenvalue weighted by molar-refractivity contribution is -0.125. The molecule has 0 saturated carbocycles. The maximum atomic E-state index is 12.7. The number of rotatable bonds is 4. The van der Waals surface area contributed by atoms with Crippen molar-refractivity contribution in [3.63, 3.8) is 0 Å². The summed E-state index contributed by atoms with van der Waals surface area (Å²) in [5, 5.41) is 15.0. The maximum absolute atomic E-state index is 12.7. The Morgan fingerprint density at radius 1 is 1.35 bits per heavy atom. The molecule has 23 heavy (non-hydrogen) atoms. The van der Waals surface area contributed by atoms with E-state index >= 15 is 0 Å². The van der Waals surface area contributed by atoms with Crippen LogP contribution in [-0.4, -0.2) is 38.6 Å². The molecule has 3 heterocycles. The first-order chi connectivity index (χ1) is 11.0. The molecule has 0 bridgehead atoms. The Hall–Kier alpha value is -2.15. The van der Waals surface area contributed by atoms with Gasteiger partial charge in [-0.1, -0.05) is 0 Å². The van der Waals surface area contributed by atoms with Crippen LogP contribution >= 0.6 is 0 Å². The van der Waals surface area contributed by atoms with Crippen molar-refractivity contribution in [3.05, 3.63) is 35.4 Å². The number of aromatic nitrogens is 4. The summed E-state index contributed by atoms with van der Waals surface area (Å²) >= 11 is 0. The van der Waals surface area contributed by atoms with E-state index in [-0.39, 0.29) is 23.8 Å². The fraction of sp³-hybridized carbons (Fsp3) is 0.562. The van der Waals surface area contributed by atoms with Crippen molar-refractivity contribution in [1.29, 1.82) is 0 Å². The molecule has 2 aromatic rings. The summed E-state index contributed by atoms with van der Waals surface area (Å²) < 4.78 is 3.56. The Morgan fingerprint density at radius 2 is 2.13 bits per heavy atom. The van der Waals surface area contributed by atoms with E-state index in [9.17, 15) is 4.79 Å². The average Bonchev–Trinajstić information content (AvgIpc) is 3.18. The van der Waals surface area contributed by atoms with Crippen molar-refractivity contribution >= 4 is 5.91 Å². The SMILES string of the molecule is Cc1nn(C)cc1C(C)NC(=O)[C@H]1CNC[C@@H]1c1cnn(C)c1. The van der Waals surface area contributed by atoms with Crippen LogP contribution in [0.4, 0.5) is 0 Å². The largest absolute Gasteiger partial charge is 0.349 e. The third kappa shape index (κ3) is 3.14. The van der Waals surface area contributed by atoms with E-state index in [4.69, 9.17) is 0 Å². The predicted molar refractivity (Wildman–Crippen MR) is 86.8 cm³/mol. The van der Waals surface area contributed by atoms with Gasteiger partial charge in [-0.25, -0.2) is 0 Å². The van der Waals surface area contributed by atoms with E-state index in [1.165, 1.54) is 0 Å². The maximum Gasteiger partial charge on any atom is 0.225 e. The van der Waals surface area contributed by atoms with Crippen LogP contribution in [0.15, 0.2) is 18.6 Å². The van der Waals surface area contributed by atoms with Crippen molar-refractivity contribution in [2.75, 3.05) is 13.1 Å². The second-order valence-electron chi connectivity index (χ2n) is 6.39. The smallest absolute Gasteiger partial charge is 0.225 e. The van der Waals surface area contributed by atoms with Crippen molar-refractivity contribution < 1.29 is 4.79 Å². The standard InChI is InChI=1S/C16H24N6O/c1-10(15-9-22(4)20-11(15)2)19-16(23)14-7-17-6-13(14)12-5-18-21(3)8-12/h5,8-10,13-14,17H,6-7H2,1-4H3,(H,19,23)/t10?,13-,14+/m1/s1. The van der Waals surface area contributed by atoms with Crippen LogP contribution in [0, 0.1) is 12.8 Å². The molecule has 2 aromatic heterocycles. The number of nitrogens with zero attached hydrogens (tertiary/aromatic N) is 4. The van der Waals surface area contributed by atoms with Gasteiger partial charge < -0.3 is 10.6 Å². The molecule has 1 aliphatic rings. The summed E-state index contributed by atoms with van der Waals surface area (Å²) in [5.74, 6) is 0.184. The number of carbonyl (C=O) groups excluding carboxylic acids is 1. The number of carbonyl (C=O) groups is 1. The highest BCUT2D eigenvalue weighted by atomic mass is 16.2. The Morgan fingerprint density at radius 3 is 2.74 bits per heavy atom. The predicted octanol–water partition coefficient (Wildman–Crippen LogP) is 0.642. The van der Waals surface area contributed by atoms with Crippen molar-refractivity contribution in [2.24, 2.45) is 20.0 Å². The minimum absolute atomic E-state index is 0.0497. The van der Waals surface area contributed by atoms with Crippen LogP contribution in [0.5, 0.6) is 0 Å². The molecule has 1 fully saturated rings. The zero-order valence-electron chi connectivity index (χ0n) is 14.1. The topological polar surface area (TPSA) is 76.8 Å². The molecular weight excluding hydrogens is 292 g/mol. The summed E-state index contributed by atoms with van der Waals surface area (Å²) in [7, 11) is 3.79. The highest BCUT2D eigenvalue weighted by Gasteiger charge is 2.35. The number of hydrogen-bond acceptors (Lipinski definition) is 4. The van der Waals surface area contributed by atoms with Gasteiger partial charge >= 0.3 is 0 Å². The van der Waals surface area contributed by atoms with Crippen LogP contribution in [-0.2, 0) is 18.9 Å². The highest BCUT2D eigenvalue weighted by molar-refractivity contribution is 5.81. The normalized spacial score (nSPS) is 22.3. The van der Waals surface area contributed by atoms with Gasteiger partial charge in [0.25, 0.3) is 0 Å². The molecule has 3 rings (SSSR count). The molecular formula is C16H24N6O. The first kappa shape index (κ1) is 15.7. The third-order valence-corrected chi connectivity index (χ3v) is 4.58. The van der Waals surface area contributed by atoms with Gasteiger partial charge in [-0.3, -0.25) is 14.2 Å². The fourth-order valence-electron chi connectivity index (χ4n) is 3.38. The lowest BCUT2D eigenvalue weighted by atomic mass is 9.90. The zero-order valence-corrected chi connectivity index (χ0v) is 14.1. The van der Waals surface area contributed by atoms with Gasteiger partial charge in [0.15, 0.2) is 0 Å². The molecule has 3 atom stereocenters. The highest BCUT2D eigenvalue weighted by Crippen LogP contribution is 2.28. The number of nitrogens with one attached hydrogen (secondary N) is 2. The quantitative estimate of drug-likeness (QED) is 0.868. The van der Waals surface area contributed by atoms with Gasteiger partial charge in [-0.05, 0) is 19.4 Å². The van der Waals surface area contributed by atoms with Crippen LogP contribution < -0.4 is 10.6 Å². The number of amides is 1. The third-order valence-electron chi connectivity index (χ3n) is 4.58. The number of hydrogen-bond donors (Lipinski definition) is 2. The van der Waals surface area contributed by atoms with E-state index in [1.54, 1.807) is 9.36 Å². The summed E-state index contributed by atoms with van der Waals surface area (Å²) in [6.07, 6.45) is 5.81. The van der Waals surface area contributed by atoms with Gasteiger partial charge in [0.05, 0.1) is 23.9 Å². The Labute approximate surface area is 136 Å². The monoisotopic (exact) mass is 316 g/mol. The van der Waals surface area contributed by atoms with E-state index < -0.39 is 0 Å². The van der Waals surface area contributed by atoms with Gasteiger partial charge in [0.2, 0.25) is 5.91 Å². The van der Waals surface area contributed by atoms with E-state index in [2.05, 4.69) is 20.8 Å². The Bertz CT molecular complexity index is 703. The molecule has 0 spiro atoms. The fourth-order valence-corrected chi connectivity index (χ4v) is 3.38. The average molecular weight is 316 g/mol. The van der Waals surface area contributed by atoms with Crippen LogP contribution in [0.1, 0.15) is 35.7 Å². The minimum Gasteiger partial charge on any atom is -0.349 e. The molecule has 0 aromatic carbocycles. The lowest BCUT2D eigenvalue weighted by Crippen LogP contribution is -2.36. The van der Waals surface area contributed by atoms with E-state index in [0.29, 0.717) is 6.54 Å². The van der Waals surface area contributed by atoms with Gasteiger partial charge in [0.1, 0.15) is 0 Å². The summed E-state index contributed by atoms with van der Waals surface area (Å²) in [6.45, 7) is 5.48. The van der Waals surface area contributed by atoms with Crippen LogP contribution in [0.3, 0.4) is 0 Å². The van der Waals surface area contributed by atoms with E-state index in [1.807, 2.05) is 46.5 Å². The second-order valence-corrected chi connectivity index (χ2v) is 6.39. The lowest BCUT2D eigenvalue weighted by Gasteiger charge is -2.20. The molecule has 124 valence electrons. The van der Waals surface area contributed by atoms with Gasteiger partial charge in [-0.15, -0.1) is 0 Å². The molecule has 1 aliphatic heterocycles. The molecule has 0 radical (unpaired) electrons. The molecule has 7 heteroatoms. The van der Waals surface area contributed by atoms with Gasteiger partial charge in [-0.2, -0.15) is 10.2 Å². The van der Waals surface area contributed by atoms with Gasteiger partial charge in [0, 0.05) is 51.1 Å². The second kappa shape index (κ2) is 6.16. The van der Waals surface area contributed by atoms with Crippen LogP contribution in [0.25, 0.3) is 0 Å². The molecule has 7 nitrogen and oxygen atoms in total. The molecule has 1 saturated heterocycles. The zero-order chi connectivity index (χ0) is 16.6. The molecule has 1 amide bonds. The summed E-state index contributed by atoms with van der Waals surface area (Å²) in [4.78, 5) is 12.7. The summed E-state index contributed by atoms with van der Waals surface area (Å²) in [5.41, 5.74) is 3.13. The molecule has 1 unspecified atom stereocenters. The Kier molecular flexibility index (Phi) is 4.21. The Balaban J connectivity index is 1.71. The van der Waals surface area contributed by atoms with Crippen molar-refractivity contribution in [1.82, 2.24) is 30.2 Å². The van der Waals surface area contributed by atoms with Crippen molar-refractivity contribution in [2.45, 2.75) is 25.8 Å². The van der Waals surface area contributed by atoms with E-state index in [0.717, 1.165) is 23.4 Å². The number of aryl methyl sites for hydroxylation is 3. The molecule has 2 N–H and O–H groups in total.